The van der Waals surface area contributed by atoms with Crippen LogP contribution in [0.5, 0.6) is 17.4 Å². The van der Waals surface area contributed by atoms with E-state index < -0.39 is 5.91 Å². The first-order chi connectivity index (χ1) is 23.8. The van der Waals surface area contributed by atoms with Crippen molar-refractivity contribution in [2.75, 3.05) is 50.0 Å². The van der Waals surface area contributed by atoms with Gasteiger partial charge in [-0.2, -0.15) is 4.98 Å². The molecule has 2 fully saturated rings. The van der Waals surface area contributed by atoms with Crippen molar-refractivity contribution in [3.8, 4) is 17.4 Å². The number of likely N-dealkylation sites (tertiary alicyclic amines) is 2. The second kappa shape index (κ2) is 16.2. The second-order valence-corrected chi connectivity index (χ2v) is 13.0. The molecule has 0 radical (unpaired) electrons. The lowest BCUT2D eigenvalue weighted by molar-refractivity contribution is 0.0792. The number of hydrogen-bond acceptors (Lipinski definition) is 8. The van der Waals surface area contributed by atoms with E-state index in [4.69, 9.17) is 21.1 Å². The summed E-state index contributed by atoms with van der Waals surface area (Å²) in [4.78, 5) is 40.0. The van der Waals surface area contributed by atoms with Crippen LogP contribution in [0, 0.1) is 13.8 Å². The van der Waals surface area contributed by atoms with E-state index >= 15 is 0 Å². The summed E-state index contributed by atoms with van der Waals surface area (Å²) < 4.78 is 12.2. The number of nitrogens with zero attached hydrogens (tertiary/aromatic N) is 4. The molecule has 49 heavy (non-hydrogen) atoms. The van der Waals surface area contributed by atoms with Crippen LogP contribution in [0.1, 0.15) is 70.4 Å². The summed E-state index contributed by atoms with van der Waals surface area (Å²) in [5, 5.41) is 6.43. The fourth-order valence-corrected chi connectivity index (χ4v) is 6.45. The molecule has 6 rings (SSSR count). The van der Waals surface area contributed by atoms with E-state index in [1.165, 1.54) is 38.5 Å². The molecule has 0 saturated carbocycles. The summed E-state index contributed by atoms with van der Waals surface area (Å²) in [6.07, 6.45) is 8.26. The fraction of sp³-hybridized carbons (Fsp3) is 0.368. The molecule has 3 heterocycles. The molecule has 0 spiro atoms. The molecule has 2 saturated heterocycles. The number of hydrogen-bond donors (Lipinski definition) is 2. The van der Waals surface area contributed by atoms with Gasteiger partial charge in [0, 0.05) is 48.8 Å². The van der Waals surface area contributed by atoms with E-state index in [-0.39, 0.29) is 34.1 Å². The van der Waals surface area contributed by atoms with Crippen molar-refractivity contribution >= 4 is 40.7 Å². The van der Waals surface area contributed by atoms with Crippen molar-refractivity contribution in [2.45, 2.75) is 52.4 Å². The molecule has 1 aromatic heterocycles. The highest BCUT2D eigenvalue weighted by Crippen LogP contribution is 2.33. The second-order valence-electron chi connectivity index (χ2n) is 12.6. The van der Waals surface area contributed by atoms with Crippen molar-refractivity contribution in [3.05, 3.63) is 94.1 Å². The smallest absolute Gasteiger partial charge is 0.262 e. The van der Waals surface area contributed by atoms with Crippen LogP contribution in [-0.2, 0) is 0 Å². The summed E-state index contributed by atoms with van der Waals surface area (Å²) in [6.45, 7) is 9.35. The van der Waals surface area contributed by atoms with Gasteiger partial charge in [-0.3, -0.25) is 9.59 Å². The third kappa shape index (κ3) is 8.87. The van der Waals surface area contributed by atoms with Crippen molar-refractivity contribution in [2.24, 2.45) is 0 Å². The van der Waals surface area contributed by atoms with Crippen molar-refractivity contribution < 1.29 is 19.1 Å². The number of aryl methyl sites for hydroxylation is 2. The first-order valence-corrected chi connectivity index (χ1v) is 17.5. The number of halogens is 1. The maximum atomic E-state index is 13.7. The molecule has 0 atom stereocenters. The van der Waals surface area contributed by atoms with Gasteiger partial charge < -0.3 is 29.9 Å². The van der Waals surface area contributed by atoms with Crippen LogP contribution in [0.4, 0.5) is 17.3 Å². The number of aromatic nitrogens is 2. The monoisotopic (exact) mass is 682 g/mol. The van der Waals surface area contributed by atoms with Crippen molar-refractivity contribution in [1.82, 2.24) is 19.8 Å². The first-order valence-electron chi connectivity index (χ1n) is 17.1. The van der Waals surface area contributed by atoms with Gasteiger partial charge in [0.1, 0.15) is 17.1 Å². The van der Waals surface area contributed by atoms with Crippen LogP contribution in [0.3, 0.4) is 0 Å². The quantitative estimate of drug-likeness (QED) is 0.145. The molecule has 4 aromatic rings. The van der Waals surface area contributed by atoms with Crippen LogP contribution in [0.2, 0.25) is 5.02 Å². The number of carbonyl (C=O) groups excluding carboxylic acids is 2. The number of nitrogens with one attached hydrogen (secondary N) is 2. The van der Waals surface area contributed by atoms with E-state index in [0.717, 1.165) is 61.5 Å². The predicted octanol–water partition coefficient (Wildman–Crippen LogP) is 8.03. The van der Waals surface area contributed by atoms with Gasteiger partial charge in [0.15, 0.2) is 0 Å². The maximum Gasteiger partial charge on any atom is 0.262 e. The highest BCUT2D eigenvalue weighted by molar-refractivity contribution is 6.32. The number of carbonyl (C=O) groups is 2. The van der Waals surface area contributed by atoms with E-state index in [1.807, 2.05) is 61.2 Å². The molecule has 2 aliphatic heterocycles. The SMILES string of the molecule is Cc1cccc(C)c1NC(=O)c1cnc(Nc2cccc(OCCCN3CCCCC3)c2)nc1Oc1ccc(C(=O)N2CCCC2)cc1Cl. The number of benzene rings is 3. The fourth-order valence-electron chi connectivity index (χ4n) is 6.23. The minimum atomic E-state index is -0.434. The number of anilines is 3. The Hall–Kier alpha value is -4.67. The van der Waals surface area contributed by atoms with Gasteiger partial charge in [0.2, 0.25) is 11.8 Å². The lowest BCUT2D eigenvalue weighted by atomic mass is 10.1. The summed E-state index contributed by atoms with van der Waals surface area (Å²) >= 11 is 6.64. The molecular formula is C38H43ClN6O4. The normalized spacial score (nSPS) is 14.8. The lowest BCUT2D eigenvalue weighted by Gasteiger charge is -2.26. The molecule has 11 heteroatoms. The van der Waals surface area contributed by atoms with E-state index in [0.29, 0.717) is 17.9 Å². The third-order valence-corrected chi connectivity index (χ3v) is 9.22. The molecule has 3 aromatic carbocycles. The van der Waals surface area contributed by atoms with Crippen LogP contribution < -0.4 is 20.1 Å². The summed E-state index contributed by atoms with van der Waals surface area (Å²) in [5.41, 5.74) is 3.86. The zero-order chi connectivity index (χ0) is 34.2. The minimum absolute atomic E-state index is 0.00636. The molecule has 2 amide bonds. The van der Waals surface area contributed by atoms with Crippen LogP contribution >= 0.6 is 11.6 Å². The number of amides is 2. The summed E-state index contributed by atoms with van der Waals surface area (Å²) in [5.74, 6) is 0.715. The Labute approximate surface area is 292 Å². The molecule has 2 N–H and O–H groups in total. The summed E-state index contributed by atoms with van der Waals surface area (Å²) in [6, 6.07) is 18.3. The zero-order valence-corrected chi connectivity index (χ0v) is 28.9. The Morgan fingerprint density at radius 3 is 2.39 bits per heavy atom. The largest absolute Gasteiger partial charge is 0.493 e. The molecule has 256 valence electrons. The highest BCUT2D eigenvalue weighted by Gasteiger charge is 2.23. The Morgan fingerprint density at radius 1 is 0.898 bits per heavy atom. The average Bonchev–Trinajstić information content (AvgIpc) is 3.65. The summed E-state index contributed by atoms with van der Waals surface area (Å²) in [7, 11) is 0. The minimum Gasteiger partial charge on any atom is -0.493 e. The van der Waals surface area contributed by atoms with Crippen LogP contribution in [-0.4, -0.2) is 70.9 Å². The number of para-hydroxylation sites is 1. The Kier molecular flexibility index (Phi) is 11.3. The molecule has 0 aliphatic carbocycles. The van der Waals surface area contributed by atoms with Gasteiger partial charge in [-0.25, -0.2) is 4.98 Å². The molecule has 10 nitrogen and oxygen atoms in total. The Balaban J connectivity index is 1.20. The molecule has 0 unspecified atom stereocenters. The number of piperidine rings is 1. The van der Waals surface area contributed by atoms with Crippen LogP contribution in [0.25, 0.3) is 0 Å². The third-order valence-electron chi connectivity index (χ3n) is 8.92. The van der Waals surface area contributed by atoms with Gasteiger partial charge in [-0.1, -0.05) is 42.3 Å². The van der Waals surface area contributed by atoms with Gasteiger partial charge >= 0.3 is 0 Å². The van der Waals surface area contributed by atoms with Gasteiger partial charge in [-0.15, -0.1) is 0 Å². The number of rotatable bonds is 12. The topological polar surface area (TPSA) is 109 Å². The van der Waals surface area contributed by atoms with E-state index in [9.17, 15) is 9.59 Å². The van der Waals surface area contributed by atoms with E-state index in [1.54, 1.807) is 18.2 Å². The number of ether oxygens (including phenoxy) is 2. The Morgan fingerprint density at radius 2 is 1.63 bits per heavy atom. The van der Waals surface area contributed by atoms with Gasteiger partial charge in [0.25, 0.3) is 11.8 Å². The molecule has 0 bridgehead atoms. The van der Waals surface area contributed by atoms with Crippen molar-refractivity contribution in [1.29, 1.82) is 0 Å². The standard InChI is InChI=1S/C38H43ClN6O4/c1-26-11-8-12-27(2)34(26)42-35(46)31-25-40-38(41-29-13-9-14-30(24-29)48-22-10-19-44-17-4-3-5-18-44)43-36(31)49-33-16-15-28(23-32(33)39)37(47)45-20-6-7-21-45/h8-9,11-16,23-25H,3-7,10,17-22H2,1-2H3,(H,42,46)(H,40,41,43). The van der Waals surface area contributed by atoms with E-state index in [2.05, 4.69) is 25.5 Å². The van der Waals surface area contributed by atoms with Gasteiger partial charge in [-0.05, 0) is 100 Å². The lowest BCUT2D eigenvalue weighted by Crippen LogP contribution is -2.31. The predicted molar refractivity (Wildman–Crippen MR) is 193 cm³/mol. The first kappa shape index (κ1) is 34.2. The molecule has 2 aliphatic rings. The van der Waals surface area contributed by atoms with Gasteiger partial charge in [0.05, 0.1) is 11.6 Å². The molecular weight excluding hydrogens is 640 g/mol. The van der Waals surface area contributed by atoms with Crippen LogP contribution in [0.15, 0.2) is 66.9 Å². The zero-order valence-electron chi connectivity index (χ0n) is 28.1. The average molecular weight is 683 g/mol. The highest BCUT2D eigenvalue weighted by atomic mass is 35.5. The van der Waals surface area contributed by atoms with Crippen molar-refractivity contribution in [3.63, 3.8) is 0 Å². The maximum absolute atomic E-state index is 13.7. The Bertz CT molecular complexity index is 1770.